The third-order valence-corrected chi connectivity index (χ3v) is 16.1. The topological polar surface area (TPSA) is 230 Å². The maximum atomic E-state index is 14.7. The van der Waals surface area contributed by atoms with Crippen LogP contribution in [0, 0.1) is 31.4 Å². The highest BCUT2D eigenvalue weighted by Gasteiger charge is 2.38. The van der Waals surface area contributed by atoms with Crippen LogP contribution in [0.25, 0.3) is 10.9 Å². The van der Waals surface area contributed by atoms with Crippen molar-refractivity contribution in [3.05, 3.63) is 86.8 Å². The van der Waals surface area contributed by atoms with E-state index in [1.807, 2.05) is 32.0 Å². The van der Waals surface area contributed by atoms with Gasteiger partial charge in [-0.15, -0.1) is 0 Å². The number of thiazole rings is 1. The van der Waals surface area contributed by atoms with Crippen LogP contribution in [0.2, 0.25) is 5.02 Å². The van der Waals surface area contributed by atoms with Gasteiger partial charge < -0.3 is 60.1 Å². The Kier molecular flexibility index (Phi) is 21.1. The first-order chi connectivity index (χ1) is 38.6. The lowest BCUT2D eigenvalue weighted by Crippen LogP contribution is -2.59. The van der Waals surface area contributed by atoms with Gasteiger partial charge in [0.2, 0.25) is 11.8 Å². The van der Waals surface area contributed by atoms with Crippen LogP contribution in [-0.2, 0) is 30.8 Å². The SMILES string of the molecule is CN[C@@H](C)C(=O)N[C@H](C(=O)N1CCN(C(=O)c2c(C(=O)NCCOCCOCCOCCN3CCN(c4cc(Nc5ncc(C(=O)Nc6c(C)cccc6Cl)s5)nc(C)n4)CC3)c3cc(F)c(F)cc3n2C)CC1)C1CCCCC1. The molecule has 1 saturated carbocycles. The summed E-state index contributed by atoms with van der Waals surface area (Å²) in [6.45, 7) is 12.1. The zero-order valence-corrected chi connectivity index (χ0v) is 47.6. The van der Waals surface area contributed by atoms with E-state index < -0.39 is 35.5 Å². The molecule has 5 heterocycles. The van der Waals surface area contributed by atoms with Crippen LogP contribution in [-0.4, -0.2) is 188 Å². The van der Waals surface area contributed by atoms with Crippen molar-refractivity contribution in [2.45, 2.75) is 65.0 Å². The Morgan fingerprint density at radius 3 is 2.20 bits per heavy atom. The molecule has 2 saturated heterocycles. The molecule has 432 valence electrons. The number of carbonyl (C=O) groups is 5. The maximum absolute atomic E-state index is 14.7. The molecular formula is C55H72ClF2N13O8S. The molecular weight excluding hydrogens is 1080 g/mol. The van der Waals surface area contributed by atoms with E-state index in [0.717, 1.165) is 88.3 Å². The number of piperazine rings is 2. The molecule has 3 aromatic heterocycles. The summed E-state index contributed by atoms with van der Waals surface area (Å²) >= 11 is 7.52. The number of likely N-dealkylation sites (N-methyl/N-ethyl adjacent to an activating group) is 1. The number of aryl methyl sites for hydroxylation is 3. The number of rotatable bonds is 24. The van der Waals surface area contributed by atoms with Crippen LogP contribution < -0.4 is 31.5 Å². The van der Waals surface area contributed by atoms with Gasteiger partial charge in [-0.2, -0.15) is 0 Å². The molecule has 8 rings (SSSR count). The first-order valence-electron chi connectivity index (χ1n) is 27.3. The molecule has 80 heavy (non-hydrogen) atoms. The van der Waals surface area contributed by atoms with Crippen molar-refractivity contribution in [3.63, 3.8) is 0 Å². The number of carbonyl (C=O) groups excluding carboxylic acids is 5. The highest BCUT2D eigenvalue weighted by molar-refractivity contribution is 7.17. The van der Waals surface area contributed by atoms with E-state index in [1.54, 1.807) is 24.9 Å². The van der Waals surface area contributed by atoms with Gasteiger partial charge in [0.1, 0.15) is 34.1 Å². The van der Waals surface area contributed by atoms with Crippen molar-refractivity contribution < 1.29 is 47.0 Å². The van der Waals surface area contributed by atoms with Gasteiger partial charge in [0.05, 0.1) is 73.7 Å². The number of ether oxygens (including phenoxy) is 3. The van der Waals surface area contributed by atoms with E-state index >= 15 is 0 Å². The van der Waals surface area contributed by atoms with Gasteiger partial charge in [0.25, 0.3) is 17.7 Å². The molecule has 2 aliphatic heterocycles. The van der Waals surface area contributed by atoms with E-state index in [1.165, 1.54) is 34.0 Å². The molecule has 25 heteroatoms. The van der Waals surface area contributed by atoms with Crippen molar-refractivity contribution in [2.75, 3.05) is 128 Å². The van der Waals surface area contributed by atoms with Gasteiger partial charge in [-0.1, -0.05) is 54.3 Å². The number of nitrogens with one attached hydrogen (secondary N) is 5. The lowest BCUT2D eigenvalue weighted by molar-refractivity contribution is -0.140. The number of amides is 5. The zero-order chi connectivity index (χ0) is 56.9. The second kappa shape index (κ2) is 28.3. The lowest BCUT2D eigenvalue weighted by atomic mass is 9.83. The fourth-order valence-electron chi connectivity index (χ4n) is 10.2. The highest BCUT2D eigenvalue weighted by atomic mass is 35.5. The van der Waals surface area contributed by atoms with E-state index in [-0.39, 0.29) is 91.7 Å². The second-order valence-electron chi connectivity index (χ2n) is 20.2. The molecule has 2 atom stereocenters. The van der Waals surface area contributed by atoms with Gasteiger partial charge in [-0.3, -0.25) is 28.9 Å². The summed E-state index contributed by atoms with van der Waals surface area (Å²) in [7, 11) is 3.21. The Balaban J connectivity index is 0.718. The number of halogens is 3. The lowest BCUT2D eigenvalue weighted by Gasteiger charge is -2.39. The molecule has 5 aromatic rings. The number of fused-ring (bicyclic) bond motifs is 1. The predicted molar refractivity (Wildman–Crippen MR) is 302 cm³/mol. The van der Waals surface area contributed by atoms with Gasteiger partial charge in [0, 0.05) is 90.0 Å². The summed E-state index contributed by atoms with van der Waals surface area (Å²) in [5.41, 5.74) is 1.47. The van der Waals surface area contributed by atoms with Gasteiger partial charge in [-0.25, -0.2) is 23.7 Å². The Morgan fingerprint density at radius 1 is 0.825 bits per heavy atom. The summed E-state index contributed by atoms with van der Waals surface area (Å²) in [5, 5.41) is 15.9. The third-order valence-electron chi connectivity index (χ3n) is 14.8. The second-order valence-corrected chi connectivity index (χ2v) is 21.6. The third kappa shape index (κ3) is 15.1. The number of nitrogens with zero attached hydrogens (tertiary/aromatic N) is 8. The van der Waals surface area contributed by atoms with E-state index in [4.69, 9.17) is 25.8 Å². The number of hydrogen-bond donors (Lipinski definition) is 5. The number of benzene rings is 2. The smallest absolute Gasteiger partial charge is 0.271 e. The van der Waals surface area contributed by atoms with Crippen molar-refractivity contribution in [1.82, 2.24) is 50.2 Å². The number of para-hydroxylation sites is 1. The number of aromatic nitrogens is 4. The summed E-state index contributed by atoms with van der Waals surface area (Å²) < 4.78 is 47.9. The number of hydrogen-bond acceptors (Lipinski definition) is 16. The van der Waals surface area contributed by atoms with Crippen LogP contribution >= 0.6 is 22.9 Å². The van der Waals surface area contributed by atoms with E-state index in [2.05, 4.69) is 51.3 Å². The predicted octanol–water partition coefficient (Wildman–Crippen LogP) is 5.53. The van der Waals surface area contributed by atoms with Gasteiger partial charge in [-0.05, 0) is 64.3 Å². The highest BCUT2D eigenvalue weighted by Crippen LogP contribution is 2.32. The van der Waals surface area contributed by atoms with Gasteiger partial charge >= 0.3 is 0 Å². The monoisotopic (exact) mass is 1150 g/mol. The summed E-state index contributed by atoms with van der Waals surface area (Å²) in [4.78, 5) is 89.9. The summed E-state index contributed by atoms with van der Waals surface area (Å²) in [6.07, 6.45) is 6.25. The van der Waals surface area contributed by atoms with Crippen molar-refractivity contribution in [1.29, 1.82) is 0 Å². The van der Waals surface area contributed by atoms with Crippen molar-refractivity contribution in [3.8, 4) is 0 Å². The van der Waals surface area contributed by atoms with Crippen LogP contribution in [0.5, 0.6) is 0 Å². The van der Waals surface area contributed by atoms with Crippen molar-refractivity contribution in [2.24, 2.45) is 13.0 Å². The van der Waals surface area contributed by atoms with Crippen LogP contribution in [0.15, 0.2) is 42.6 Å². The van der Waals surface area contributed by atoms with Crippen LogP contribution in [0.4, 0.5) is 31.2 Å². The minimum Gasteiger partial charge on any atom is -0.378 e. The van der Waals surface area contributed by atoms with Crippen LogP contribution in [0.1, 0.15) is 80.9 Å². The van der Waals surface area contributed by atoms with Gasteiger partial charge in [0.15, 0.2) is 16.8 Å². The molecule has 3 fully saturated rings. The van der Waals surface area contributed by atoms with E-state index in [0.29, 0.717) is 58.8 Å². The molecule has 2 aromatic carbocycles. The average molecular weight is 1150 g/mol. The Labute approximate surface area is 473 Å². The Hall–Kier alpha value is -6.41. The Morgan fingerprint density at radius 2 is 1.50 bits per heavy atom. The Bertz CT molecular complexity index is 2960. The molecule has 0 spiro atoms. The molecule has 3 aliphatic rings. The normalized spacial score (nSPS) is 16.2. The molecule has 21 nitrogen and oxygen atoms in total. The first kappa shape index (κ1) is 59.7. The largest absolute Gasteiger partial charge is 0.378 e. The fraction of sp³-hybridized carbons (Fsp3) is 0.527. The molecule has 0 unspecified atom stereocenters. The van der Waals surface area contributed by atoms with Crippen LogP contribution in [0.3, 0.4) is 0 Å². The summed E-state index contributed by atoms with van der Waals surface area (Å²) in [5.74, 6) is -2.19. The quantitative estimate of drug-likeness (QED) is 0.0479. The maximum Gasteiger partial charge on any atom is 0.271 e. The molecule has 0 bridgehead atoms. The van der Waals surface area contributed by atoms with E-state index in [9.17, 15) is 32.8 Å². The molecule has 5 amide bonds. The molecule has 5 N–H and O–H groups in total. The fourth-order valence-corrected chi connectivity index (χ4v) is 11.2. The first-order valence-corrected chi connectivity index (χ1v) is 28.5. The average Bonchev–Trinajstić information content (AvgIpc) is 4.11. The zero-order valence-electron chi connectivity index (χ0n) is 46.0. The molecule has 1 aliphatic carbocycles. The number of anilines is 4. The summed E-state index contributed by atoms with van der Waals surface area (Å²) in [6, 6.07) is 8.05. The minimum atomic E-state index is -1.16. The standard InChI is InChI=1S/C55H72ClF2N13O8S/c1-34-10-9-13-39(56)47(34)65-51(73)43-33-61-55(80-43)64-44-32-45(63-36(3)62-44)69-17-15-68(16-18-69)23-25-78-27-29-79-28-26-77-24-14-60-52(74)46-38-30-40(57)41(58)31-42(38)67(5)49(46)54(76)71-21-19-70(20-22-71)53(75)48(37-11-7-6-8-12-37)66-50(72)35(2)59-4/h9-10,13,30-33,35,37,48,59H,6-8,11-12,14-29H2,1-5H3,(H,60,74)(H,65,73)(H,66,72)(H,61,62,63,64)/t35-,48-/m0/s1. The minimum absolute atomic E-state index is 0.0106. The van der Waals surface area contributed by atoms with Crippen molar-refractivity contribution >= 4 is 85.8 Å². The molecule has 0 radical (unpaired) electrons.